The second-order valence-corrected chi connectivity index (χ2v) is 9.51. The van der Waals surface area contributed by atoms with Crippen molar-refractivity contribution >= 4 is 23.8 Å². The highest BCUT2D eigenvalue weighted by Crippen LogP contribution is 2.23. The lowest BCUT2D eigenvalue weighted by Gasteiger charge is -2.15. The van der Waals surface area contributed by atoms with Crippen LogP contribution in [-0.4, -0.2) is 48.6 Å². The summed E-state index contributed by atoms with van der Waals surface area (Å²) < 4.78 is 0. The highest BCUT2D eigenvalue weighted by molar-refractivity contribution is 5.85. The van der Waals surface area contributed by atoms with Crippen molar-refractivity contribution in [3.05, 3.63) is 95.6 Å². The fourth-order valence-electron chi connectivity index (χ4n) is 4.00. The van der Waals surface area contributed by atoms with E-state index in [1.807, 2.05) is 73.7 Å². The summed E-state index contributed by atoms with van der Waals surface area (Å²) >= 11 is 0. The van der Waals surface area contributed by atoms with Gasteiger partial charge in [0.2, 0.25) is 11.8 Å². The summed E-state index contributed by atoms with van der Waals surface area (Å²) in [6.45, 7) is 2.54. The van der Waals surface area contributed by atoms with Gasteiger partial charge in [0.1, 0.15) is 0 Å². The molecule has 4 amide bonds. The summed E-state index contributed by atoms with van der Waals surface area (Å²) in [5, 5.41) is 20.3. The molecule has 1 unspecified atom stereocenters. The molecule has 0 saturated carbocycles. The number of nitrogens with one attached hydrogen (secondary N) is 4. The number of carbonyl (C=O) groups excluding carboxylic acids is 3. The molecule has 0 aromatic heterocycles. The smallest absolute Gasteiger partial charge is 0.315 e. The van der Waals surface area contributed by atoms with Gasteiger partial charge in [0, 0.05) is 26.1 Å². The number of carboxylic acid groups (broad SMARTS) is 1. The number of amides is 4. The molecule has 0 aliphatic carbocycles. The number of aliphatic carboxylic acids is 1. The Morgan fingerprint density at radius 3 is 2.08 bits per heavy atom. The van der Waals surface area contributed by atoms with Crippen LogP contribution in [0.25, 0.3) is 11.1 Å². The fourth-order valence-corrected chi connectivity index (χ4v) is 4.00. The van der Waals surface area contributed by atoms with Crippen LogP contribution in [-0.2, 0) is 20.9 Å². The fraction of sp³-hybridized carbons (Fsp3) is 0.290. The van der Waals surface area contributed by atoms with Gasteiger partial charge >= 0.3 is 12.0 Å². The van der Waals surface area contributed by atoms with E-state index in [1.165, 1.54) is 0 Å². The molecule has 9 nitrogen and oxygen atoms in total. The van der Waals surface area contributed by atoms with Crippen molar-refractivity contribution in [1.29, 1.82) is 0 Å². The average Bonchev–Trinajstić information content (AvgIpc) is 2.96. The van der Waals surface area contributed by atoms with E-state index in [-0.39, 0.29) is 31.4 Å². The summed E-state index contributed by atoms with van der Waals surface area (Å²) in [6, 6.07) is 24.6. The highest BCUT2D eigenvalue weighted by Gasteiger charge is 2.21. The van der Waals surface area contributed by atoms with Crippen molar-refractivity contribution < 1.29 is 24.3 Å². The minimum atomic E-state index is -1.05. The Labute approximate surface area is 234 Å². The first-order valence-electron chi connectivity index (χ1n) is 13.3. The van der Waals surface area contributed by atoms with E-state index in [9.17, 15) is 24.3 Å². The van der Waals surface area contributed by atoms with Crippen LogP contribution in [0.1, 0.15) is 41.9 Å². The molecule has 3 aromatic rings. The zero-order chi connectivity index (χ0) is 28.7. The first-order valence-corrected chi connectivity index (χ1v) is 13.3. The van der Waals surface area contributed by atoms with Crippen molar-refractivity contribution in [1.82, 2.24) is 21.3 Å². The van der Waals surface area contributed by atoms with Gasteiger partial charge in [-0.05, 0) is 42.0 Å². The van der Waals surface area contributed by atoms with Gasteiger partial charge in [-0.15, -0.1) is 0 Å². The molecule has 0 bridgehead atoms. The molecular formula is C31H36N4O5. The molecule has 0 saturated heterocycles. The minimum absolute atomic E-state index is 0.0909. The van der Waals surface area contributed by atoms with Crippen LogP contribution in [0.5, 0.6) is 0 Å². The van der Waals surface area contributed by atoms with E-state index in [0.717, 1.165) is 22.3 Å². The molecule has 9 heteroatoms. The maximum Gasteiger partial charge on any atom is 0.315 e. The number of urea groups is 1. The summed E-state index contributed by atoms with van der Waals surface area (Å²) in [5.74, 6) is -2.71. The van der Waals surface area contributed by atoms with Crippen LogP contribution >= 0.6 is 0 Å². The SMILES string of the molecule is Cc1ccc(CNC(=O)NCCCCC(=O)NCC(=O)NCC(C(=O)O)c2ccc(-c3ccccc3)cc2)cc1. The quantitative estimate of drug-likeness (QED) is 0.197. The molecule has 3 aromatic carbocycles. The van der Waals surface area contributed by atoms with Gasteiger partial charge in [0.15, 0.2) is 0 Å². The zero-order valence-electron chi connectivity index (χ0n) is 22.6. The highest BCUT2D eigenvalue weighted by atomic mass is 16.4. The Balaban J connectivity index is 1.29. The lowest BCUT2D eigenvalue weighted by atomic mass is 9.96. The number of carboxylic acids is 1. The topological polar surface area (TPSA) is 137 Å². The first kappa shape index (κ1) is 29.9. The third-order valence-electron chi connectivity index (χ3n) is 6.36. The number of carbonyl (C=O) groups is 4. The van der Waals surface area contributed by atoms with Crippen LogP contribution in [0.2, 0.25) is 0 Å². The second-order valence-electron chi connectivity index (χ2n) is 9.51. The van der Waals surface area contributed by atoms with Crippen molar-refractivity contribution in [3.8, 4) is 11.1 Å². The molecule has 0 fully saturated rings. The predicted octanol–water partition coefficient (Wildman–Crippen LogP) is 3.73. The largest absolute Gasteiger partial charge is 0.481 e. The monoisotopic (exact) mass is 544 g/mol. The molecule has 5 N–H and O–H groups in total. The van der Waals surface area contributed by atoms with Crippen LogP contribution in [0.4, 0.5) is 4.79 Å². The maximum absolute atomic E-state index is 12.2. The maximum atomic E-state index is 12.2. The summed E-state index contributed by atoms with van der Waals surface area (Å²) in [4.78, 5) is 48.0. The molecule has 0 aliphatic rings. The number of rotatable bonds is 14. The van der Waals surface area contributed by atoms with Gasteiger partial charge in [-0.3, -0.25) is 14.4 Å². The first-order chi connectivity index (χ1) is 19.3. The van der Waals surface area contributed by atoms with Gasteiger partial charge in [0.25, 0.3) is 0 Å². The van der Waals surface area contributed by atoms with Crippen LogP contribution in [0, 0.1) is 6.92 Å². The molecule has 0 radical (unpaired) electrons. The Morgan fingerprint density at radius 2 is 1.40 bits per heavy atom. The lowest BCUT2D eigenvalue weighted by Crippen LogP contribution is -2.39. The Bertz CT molecular complexity index is 1260. The second kappa shape index (κ2) is 15.7. The molecule has 40 heavy (non-hydrogen) atoms. The summed E-state index contributed by atoms with van der Waals surface area (Å²) in [5.41, 5.74) is 4.75. The third kappa shape index (κ3) is 10.2. The van der Waals surface area contributed by atoms with Gasteiger partial charge in [0.05, 0.1) is 12.5 Å². The van der Waals surface area contributed by atoms with E-state index in [4.69, 9.17) is 0 Å². The molecule has 210 valence electrons. The van der Waals surface area contributed by atoms with E-state index in [1.54, 1.807) is 12.1 Å². The van der Waals surface area contributed by atoms with Gasteiger partial charge in [-0.2, -0.15) is 0 Å². The van der Waals surface area contributed by atoms with Gasteiger partial charge < -0.3 is 26.4 Å². The normalized spacial score (nSPS) is 11.2. The molecule has 0 heterocycles. The van der Waals surface area contributed by atoms with Crippen LogP contribution in [0.15, 0.2) is 78.9 Å². The predicted molar refractivity (Wildman–Crippen MR) is 154 cm³/mol. The lowest BCUT2D eigenvalue weighted by molar-refractivity contribution is -0.138. The average molecular weight is 545 g/mol. The molecular weight excluding hydrogens is 508 g/mol. The Hall–Kier alpha value is -4.66. The van der Waals surface area contributed by atoms with Crippen molar-refractivity contribution in [2.75, 3.05) is 19.6 Å². The zero-order valence-corrected chi connectivity index (χ0v) is 22.6. The van der Waals surface area contributed by atoms with E-state index in [0.29, 0.717) is 31.5 Å². The number of unbranched alkanes of at least 4 members (excludes halogenated alkanes) is 1. The van der Waals surface area contributed by atoms with Crippen LogP contribution in [0.3, 0.4) is 0 Å². The number of hydrogen-bond acceptors (Lipinski definition) is 4. The standard InChI is InChI=1S/C31H36N4O5/c1-22-10-12-23(13-11-22)19-35-31(40)32-18-6-5-9-28(36)34-21-29(37)33-20-27(30(38)39)26-16-14-25(15-17-26)24-7-3-2-4-8-24/h2-4,7-8,10-17,27H,5-6,9,18-21H2,1H3,(H,33,37)(H,34,36)(H,38,39)(H2,32,35,40). The number of hydrogen-bond donors (Lipinski definition) is 5. The minimum Gasteiger partial charge on any atom is -0.481 e. The third-order valence-corrected chi connectivity index (χ3v) is 6.36. The van der Waals surface area contributed by atoms with E-state index < -0.39 is 17.8 Å². The molecule has 3 rings (SSSR count). The van der Waals surface area contributed by atoms with Gasteiger partial charge in [-0.25, -0.2) is 4.79 Å². The summed E-state index contributed by atoms with van der Waals surface area (Å²) in [7, 11) is 0. The Kier molecular flexibility index (Phi) is 11.7. The van der Waals surface area contributed by atoms with Crippen molar-refractivity contribution in [3.63, 3.8) is 0 Å². The van der Waals surface area contributed by atoms with Crippen molar-refractivity contribution in [2.45, 2.75) is 38.6 Å². The van der Waals surface area contributed by atoms with E-state index >= 15 is 0 Å². The number of benzene rings is 3. The molecule has 1 atom stereocenters. The molecule has 0 spiro atoms. The summed E-state index contributed by atoms with van der Waals surface area (Å²) in [6.07, 6.45) is 1.37. The van der Waals surface area contributed by atoms with Crippen LogP contribution < -0.4 is 21.3 Å². The number of aryl methyl sites for hydroxylation is 1. The van der Waals surface area contributed by atoms with Crippen molar-refractivity contribution in [2.24, 2.45) is 0 Å². The molecule has 0 aliphatic heterocycles. The van der Waals surface area contributed by atoms with Gasteiger partial charge in [-0.1, -0.05) is 84.4 Å². The Morgan fingerprint density at radius 1 is 0.725 bits per heavy atom. The van der Waals surface area contributed by atoms with E-state index in [2.05, 4.69) is 21.3 Å².